The Morgan fingerprint density at radius 1 is 1.12 bits per heavy atom. The zero-order chi connectivity index (χ0) is 17.3. The van der Waals surface area contributed by atoms with Gasteiger partial charge in [0, 0.05) is 21.5 Å². The maximum absolute atomic E-state index is 12.9. The zero-order valence-electron chi connectivity index (χ0n) is 13.4. The van der Waals surface area contributed by atoms with Crippen LogP contribution in [-0.2, 0) is 10.0 Å². The Labute approximate surface area is 144 Å². The van der Waals surface area contributed by atoms with E-state index < -0.39 is 10.0 Å². The molecule has 6 nitrogen and oxygen atoms in total. The van der Waals surface area contributed by atoms with Gasteiger partial charge in [0.05, 0.1) is 18.9 Å². The van der Waals surface area contributed by atoms with Crippen LogP contribution in [0.1, 0.15) is 9.75 Å². The summed E-state index contributed by atoms with van der Waals surface area (Å²) in [5.41, 5.74) is 1.01. The molecule has 0 bridgehead atoms. The molecule has 2 aromatic heterocycles. The normalized spacial score (nSPS) is 11.5. The minimum absolute atomic E-state index is 0.220. The summed E-state index contributed by atoms with van der Waals surface area (Å²) < 4.78 is 38.7. The van der Waals surface area contributed by atoms with Crippen molar-refractivity contribution < 1.29 is 17.7 Å². The van der Waals surface area contributed by atoms with E-state index in [1.165, 1.54) is 17.5 Å². The average molecular weight is 364 g/mol. The smallest absolute Gasteiger partial charge is 0.263 e. The van der Waals surface area contributed by atoms with Gasteiger partial charge in [0.1, 0.15) is 10.6 Å². The van der Waals surface area contributed by atoms with Gasteiger partial charge in [-0.1, -0.05) is 5.16 Å². The van der Waals surface area contributed by atoms with Gasteiger partial charge in [-0.2, -0.15) is 0 Å². The highest BCUT2D eigenvalue weighted by Gasteiger charge is 2.28. The molecule has 126 valence electrons. The van der Waals surface area contributed by atoms with Crippen LogP contribution in [0.25, 0.3) is 11.3 Å². The van der Waals surface area contributed by atoms with E-state index in [9.17, 15) is 8.42 Å². The molecular formula is C16H16N2O4S2. The zero-order valence-corrected chi connectivity index (χ0v) is 15.0. The summed E-state index contributed by atoms with van der Waals surface area (Å²) in [7, 11) is -2.21. The fraction of sp³-hybridized carbons (Fsp3) is 0.188. The topological polar surface area (TPSA) is 81.4 Å². The number of sulfonamides is 1. The first-order valence-electron chi connectivity index (χ1n) is 7.10. The largest absolute Gasteiger partial charge is 0.497 e. The predicted octanol–water partition coefficient (Wildman–Crippen LogP) is 3.83. The van der Waals surface area contributed by atoms with Crippen molar-refractivity contribution in [3.05, 3.63) is 46.3 Å². The lowest BCUT2D eigenvalue weighted by Gasteiger charge is -2.10. The number of aryl methyl sites for hydroxylation is 2. The quantitative estimate of drug-likeness (QED) is 0.744. The standard InChI is InChI=1S/C16H16N2O4S2/c1-10-15(14-8-9-17-22-14)16(11(2)23-10)24(19,20)18-12-4-6-13(21-3)7-5-12/h4-9,18H,1-3H3. The lowest BCUT2D eigenvalue weighted by molar-refractivity contribution is 0.415. The number of methoxy groups -OCH3 is 1. The number of ether oxygens (including phenoxy) is 1. The van der Waals surface area contributed by atoms with Gasteiger partial charge in [-0.3, -0.25) is 4.72 Å². The summed E-state index contributed by atoms with van der Waals surface area (Å²) in [5, 5.41) is 3.68. The first-order valence-corrected chi connectivity index (χ1v) is 9.40. The van der Waals surface area contributed by atoms with E-state index in [0.29, 0.717) is 27.6 Å². The van der Waals surface area contributed by atoms with Gasteiger partial charge in [-0.25, -0.2) is 8.42 Å². The molecule has 1 aromatic carbocycles. The van der Waals surface area contributed by atoms with E-state index in [4.69, 9.17) is 9.26 Å². The maximum Gasteiger partial charge on any atom is 0.263 e. The highest BCUT2D eigenvalue weighted by atomic mass is 32.2. The van der Waals surface area contributed by atoms with Crippen molar-refractivity contribution in [2.75, 3.05) is 11.8 Å². The molecule has 0 saturated heterocycles. The van der Waals surface area contributed by atoms with Crippen molar-refractivity contribution >= 4 is 27.0 Å². The van der Waals surface area contributed by atoms with Crippen LogP contribution >= 0.6 is 11.3 Å². The van der Waals surface area contributed by atoms with Crippen LogP contribution in [0.4, 0.5) is 5.69 Å². The molecule has 8 heteroatoms. The Morgan fingerprint density at radius 3 is 2.42 bits per heavy atom. The molecule has 0 amide bonds. The predicted molar refractivity (Wildman–Crippen MR) is 93.1 cm³/mol. The van der Waals surface area contributed by atoms with Crippen LogP contribution in [0.2, 0.25) is 0 Å². The molecule has 2 heterocycles. The second-order valence-corrected chi connectivity index (χ2v) is 8.18. The molecule has 0 aliphatic carbocycles. The minimum atomic E-state index is -3.77. The Kier molecular flexibility index (Phi) is 4.33. The molecule has 0 unspecified atom stereocenters. The lowest BCUT2D eigenvalue weighted by Crippen LogP contribution is -2.14. The number of rotatable bonds is 5. The van der Waals surface area contributed by atoms with Gasteiger partial charge in [-0.15, -0.1) is 11.3 Å². The van der Waals surface area contributed by atoms with Gasteiger partial charge < -0.3 is 9.26 Å². The van der Waals surface area contributed by atoms with E-state index in [2.05, 4.69) is 9.88 Å². The molecule has 3 rings (SSSR count). The van der Waals surface area contributed by atoms with E-state index in [0.717, 1.165) is 4.88 Å². The molecule has 0 radical (unpaired) electrons. The van der Waals surface area contributed by atoms with Crippen LogP contribution in [0.5, 0.6) is 5.75 Å². The Hall–Kier alpha value is -2.32. The van der Waals surface area contributed by atoms with Crippen molar-refractivity contribution in [2.45, 2.75) is 18.7 Å². The number of aromatic nitrogens is 1. The summed E-state index contributed by atoms with van der Waals surface area (Å²) in [6, 6.07) is 8.35. The van der Waals surface area contributed by atoms with E-state index in [1.54, 1.807) is 44.4 Å². The average Bonchev–Trinajstić information content (AvgIpc) is 3.15. The second kappa shape index (κ2) is 6.29. The van der Waals surface area contributed by atoms with Crippen LogP contribution in [0.15, 0.2) is 45.9 Å². The van der Waals surface area contributed by atoms with E-state index in [1.807, 2.05) is 6.92 Å². The van der Waals surface area contributed by atoms with Crippen LogP contribution < -0.4 is 9.46 Å². The number of thiophene rings is 1. The van der Waals surface area contributed by atoms with E-state index >= 15 is 0 Å². The van der Waals surface area contributed by atoms with E-state index in [-0.39, 0.29) is 4.90 Å². The number of nitrogens with one attached hydrogen (secondary N) is 1. The number of nitrogens with zero attached hydrogens (tertiary/aromatic N) is 1. The fourth-order valence-electron chi connectivity index (χ4n) is 2.48. The fourth-order valence-corrected chi connectivity index (χ4v) is 5.41. The van der Waals surface area contributed by atoms with Gasteiger partial charge >= 0.3 is 0 Å². The van der Waals surface area contributed by atoms with Gasteiger partial charge in [-0.05, 0) is 38.1 Å². The van der Waals surface area contributed by atoms with Crippen molar-refractivity contribution in [3.63, 3.8) is 0 Å². The molecule has 1 N–H and O–H groups in total. The van der Waals surface area contributed by atoms with Crippen molar-refractivity contribution in [1.29, 1.82) is 0 Å². The van der Waals surface area contributed by atoms with Crippen LogP contribution in [0, 0.1) is 13.8 Å². The lowest BCUT2D eigenvalue weighted by atomic mass is 10.2. The van der Waals surface area contributed by atoms with Crippen molar-refractivity contribution in [3.8, 4) is 17.1 Å². The SMILES string of the molecule is COc1ccc(NS(=O)(=O)c2c(C)sc(C)c2-c2ccno2)cc1. The Bertz CT molecular complexity index is 943. The molecule has 0 fully saturated rings. The first kappa shape index (κ1) is 16.5. The van der Waals surface area contributed by atoms with Crippen LogP contribution in [0.3, 0.4) is 0 Å². The third-order valence-corrected chi connectivity index (χ3v) is 6.20. The third kappa shape index (κ3) is 3.02. The monoisotopic (exact) mass is 364 g/mol. The summed E-state index contributed by atoms with van der Waals surface area (Å²) >= 11 is 1.41. The summed E-state index contributed by atoms with van der Waals surface area (Å²) in [6.07, 6.45) is 1.50. The van der Waals surface area contributed by atoms with Gasteiger partial charge in [0.15, 0.2) is 5.76 Å². The Balaban J connectivity index is 2.04. The van der Waals surface area contributed by atoms with Gasteiger partial charge in [0.25, 0.3) is 10.0 Å². The highest BCUT2D eigenvalue weighted by Crippen LogP contribution is 2.39. The Morgan fingerprint density at radius 2 is 1.83 bits per heavy atom. The number of hydrogen-bond donors (Lipinski definition) is 1. The van der Waals surface area contributed by atoms with Crippen molar-refractivity contribution in [1.82, 2.24) is 5.16 Å². The summed E-state index contributed by atoms with van der Waals surface area (Å²) in [4.78, 5) is 1.77. The van der Waals surface area contributed by atoms with Crippen molar-refractivity contribution in [2.24, 2.45) is 0 Å². The number of anilines is 1. The molecule has 0 aliphatic heterocycles. The summed E-state index contributed by atoms with van der Waals surface area (Å²) in [6.45, 7) is 3.64. The van der Waals surface area contributed by atoms with Gasteiger partial charge in [0.2, 0.25) is 0 Å². The third-order valence-electron chi connectivity index (χ3n) is 3.50. The molecular weight excluding hydrogens is 348 g/mol. The maximum atomic E-state index is 12.9. The molecule has 0 saturated carbocycles. The summed E-state index contributed by atoms with van der Waals surface area (Å²) in [5.74, 6) is 1.09. The molecule has 0 atom stereocenters. The second-order valence-electron chi connectivity index (χ2n) is 5.13. The minimum Gasteiger partial charge on any atom is -0.497 e. The number of hydrogen-bond acceptors (Lipinski definition) is 6. The molecule has 24 heavy (non-hydrogen) atoms. The highest BCUT2D eigenvalue weighted by molar-refractivity contribution is 7.93. The molecule has 0 spiro atoms. The van der Waals surface area contributed by atoms with Crippen LogP contribution in [-0.4, -0.2) is 20.7 Å². The first-order chi connectivity index (χ1) is 11.4. The number of benzene rings is 1. The molecule has 3 aromatic rings. The molecule has 0 aliphatic rings.